The second kappa shape index (κ2) is 42.2. The van der Waals surface area contributed by atoms with Gasteiger partial charge in [0.15, 0.2) is 43.8 Å². The number of imide groups is 2. The van der Waals surface area contributed by atoms with Crippen LogP contribution in [0.15, 0.2) is 82.6 Å². The van der Waals surface area contributed by atoms with Gasteiger partial charge in [-0.05, 0) is 115 Å². The lowest BCUT2D eigenvalue weighted by Crippen LogP contribution is -2.47. The van der Waals surface area contributed by atoms with E-state index in [-0.39, 0.29) is 110 Å². The summed E-state index contributed by atoms with van der Waals surface area (Å²) in [5.41, 5.74) is 11.3. The second-order valence-electron chi connectivity index (χ2n) is 24.0. The molecule has 0 aromatic heterocycles. The smallest absolute Gasteiger partial charge is 0.364 e. The molecule has 6 atom stereocenters. The molecule has 4 aromatic carbocycles. The summed E-state index contributed by atoms with van der Waals surface area (Å²) < 4.78 is 84.5. The minimum absolute atomic E-state index is 0.0147. The Balaban J connectivity index is 0.000000253. The standard InChI is InChI=1S/C30H39Cl2NO10S.C25H34Cl2N2O5S.C12H12N2O10/c1-33-18-24(23-16-21(31)17-26(32)25(23)19-33)20-5-2-6-22(15-20)44(39,40)14-4-9-42-11-13-43-12-10-41-8-3-7-27(34)28(35)29(36)30(37)38;1-29-17-23(22-15-20(26)16-25(27)24(22)18-29)19-4-2-5-21(14-19)35(30,31)13-3-7-32-9-11-34-12-10-33-8-6-28;15-5-1-2-6(16)13(5)23-11(21)9(19)10(20)12(22)24-14-7(17)3-4-8(14)18/h2,5-6,15-17,24,28-29,35-36H,3-4,7-14,18-19H2,1H3,(H,37,38);2,4-5,14-16,23H,3,6-13,17-18,28H2,1H3;9-10,19-20H,1-4H2/t24?,28-,29+;;9-,10-/m0.1/s1. The molecule has 0 spiro atoms. The van der Waals surface area contributed by atoms with Crippen molar-refractivity contribution in [1.29, 1.82) is 0 Å². The van der Waals surface area contributed by atoms with E-state index in [1.165, 1.54) is 0 Å². The van der Waals surface area contributed by atoms with Gasteiger partial charge in [-0.1, -0.05) is 70.7 Å². The summed E-state index contributed by atoms with van der Waals surface area (Å²) in [7, 11) is -2.94. The zero-order valence-corrected chi connectivity index (χ0v) is 61.2. The molecule has 2 unspecified atom stereocenters. The van der Waals surface area contributed by atoms with Gasteiger partial charge in [-0.2, -0.15) is 0 Å². The van der Waals surface area contributed by atoms with Crippen molar-refractivity contribution in [2.24, 2.45) is 5.73 Å². The highest BCUT2D eigenvalue weighted by Gasteiger charge is 2.42. The molecule has 4 aliphatic rings. The molecule has 2 saturated heterocycles. The van der Waals surface area contributed by atoms with Gasteiger partial charge >= 0.3 is 17.9 Å². The van der Waals surface area contributed by atoms with E-state index in [1.807, 2.05) is 38.4 Å². The van der Waals surface area contributed by atoms with Crippen molar-refractivity contribution in [3.8, 4) is 0 Å². The van der Waals surface area contributed by atoms with E-state index >= 15 is 0 Å². The number of ether oxygens (including phenoxy) is 6. The van der Waals surface area contributed by atoms with Crippen LogP contribution in [-0.4, -0.2) is 259 Å². The Morgan fingerprint density at radius 1 is 0.495 bits per heavy atom. The molecule has 103 heavy (non-hydrogen) atoms. The normalized spacial score (nSPS) is 17.5. The van der Waals surface area contributed by atoms with Gasteiger partial charge in [0.1, 0.15) is 6.10 Å². The summed E-state index contributed by atoms with van der Waals surface area (Å²) in [5.74, 6) is -9.19. The molecule has 30 nitrogen and oxygen atoms in total. The molecule has 0 radical (unpaired) electrons. The van der Waals surface area contributed by atoms with E-state index in [2.05, 4.69) is 19.5 Å². The maximum Gasteiger partial charge on any atom is 0.364 e. The first kappa shape index (κ1) is 85.7. The summed E-state index contributed by atoms with van der Waals surface area (Å²) in [5, 5.41) is 48.9. The van der Waals surface area contributed by atoms with Crippen molar-refractivity contribution in [3.63, 3.8) is 0 Å². The number of aliphatic hydroxyl groups excluding tert-OH is 4. The van der Waals surface area contributed by atoms with Gasteiger partial charge in [-0.25, -0.2) is 31.2 Å². The fourth-order valence-electron chi connectivity index (χ4n) is 10.9. The number of hydrogen-bond acceptors (Lipinski definition) is 27. The molecule has 0 saturated carbocycles. The van der Waals surface area contributed by atoms with Crippen LogP contribution in [0, 0.1) is 0 Å². The fraction of sp³-hybridized carbons (Fsp3) is 0.522. The summed E-state index contributed by atoms with van der Waals surface area (Å²) in [6.07, 6.45) is -9.01. The number of ketones is 1. The van der Waals surface area contributed by atoms with Crippen LogP contribution in [-0.2, 0) is 109 Å². The van der Waals surface area contributed by atoms with Crippen molar-refractivity contribution in [1.82, 2.24) is 19.9 Å². The van der Waals surface area contributed by atoms with Gasteiger partial charge < -0.3 is 79.2 Å². The van der Waals surface area contributed by atoms with Gasteiger partial charge in [0.05, 0.1) is 80.8 Å². The number of likely N-dealkylation sites (N-methyl/N-ethyl adjacent to an activating group) is 2. The van der Waals surface area contributed by atoms with Crippen molar-refractivity contribution < 1.29 is 119 Å². The van der Waals surface area contributed by atoms with Gasteiger partial charge in [0, 0.05) is 117 Å². The first-order valence-corrected chi connectivity index (χ1v) is 37.5. The van der Waals surface area contributed by atoms with Gasteiger partial charge in [-0.15, -0.1) is 10.1 Å². The number of nitrogens with zero attached hydrogens (tertiary/aromatic N) is 4. The zero-order valence-electron chi connectivity index (χ0n) is 56.6. The number of carboxylic acids is 1. The van der Waals surface area contributed by atoms with E-state index in [0.717, 1.165) is 46.5 Å². The lowest BCUT2D eigenvalue weighted by molar-refractivity contribution is -0.216. The summed E-state index contributed by atoms with van der Waals surface area (Å²) >= 11 is 25.5. The van der Waals surface area contributed by atoms with Crippen LogP contribution in [0.1, 0.15) is 96.6 Å². The number of benzene rings is 4. The summed E-state index contributed by atoms with van der Waals surface area (Å²) in [6.45, 7) is 7.65. The SMILES string of the molecule is CN1Cc2c(Cl)cc(Cl)cc2C(c2cccc(S(=O)(=O)CCCOCCOCCOCCCC(=O)[C@H](O)[C@@H](O)C(=O)O)c2)C1.CN1Cc2c(Cl)cc(Cl)cc2C(c2cccc(S(=O)(=O)CCCOCCOCCOCCN)c2)C1.O=C(ON1C(=O)CCC1=O)[C@H](O)[C@@H](O)C(=O)ON1C(=O)CCC1=O. The van der Waals surface area contributed by atoms with Crippen LogP contribution in [0.4, 0.5) is 0 Å². The van der Waals surface area contributed by atoms with E-state index in [4.69, 9.17) is 85.7 Å². The molecular weight excluding hydrogens is 1480 g/mol. The molecule has 4 aromatic rings. The number of sulfone groups is 2. The number of aliphatic carboxylic acids is 1. The Labute approximate surface area is 615 Å². The van der Waals surface area contributed by atoms with Crippen LogP contribution < -0.4 is 5.73 Å². The lowest BCUT2D eigenvalue weighted by atomic mass is 9.85. The summed E-state index contributed by atoms with van der Waals surface area (Å²) in [6, 6.07) is 21.6. The minimum atomic E-state index is -3.53. The summed E-state index contributed by atoms with van der Waals surface area (Å²) in [4.78, 5) is 104. The largest absolute Gasteiger partial charge is 0.479 e. The molecule has 7 N–H and O–H groups in total. The van der Waals surface area contributed by atoms with E-state index in [9.17, 15) is 75.6 Å². The van der Waals surface area contributed by atoms with Crippen molar-refractivity contribution in [2.75, 3.05) is 125 Å². The number of carbonyl (C=O) groups excluding carboxylic acids is 7. The maximum absolute atomic E-state index is 13.1. The minimum Gasteiger partial charge on any atom is -0.479 e. The number of carbonyl (C=O) groups is 8. The van der Waals surface area contributed by atoms with Crippen LogP contribution in [0.3, 0.4) is 0 Å². The number of fused-ring (bicyclic) bond motifs is 2. The number of Topliss-reactive ketones (excluding diaryl/α,β-unsaturated/α-hetero) is 1. The molecule has 4 amide bonds. The number of rotatable bonds is 38. The number of halogens is 4. The Hall–Kier alpha value is -6.22. The molecule has 0 bridgehead atoms. The molecule has 0 aliphatic carbocycles. The Bertz CT molecular complexity index is 3740. The zero-order chi connectivity index (χ0) is 75.6. The monoisotopic (exact) mass is 1560 g/mol. The molecule has 8 rings (SSSR count). The average Bonchev–Trinajstić information content (AvgIpc) is 1.40. The third-order valence-corrected chi connectivity index (χ3v) is 20.8. The first-order valence-electron chi connectivity index (χ1n) is 32.7. The van der Waals surface area contributed by atoms with Gasteiger partial charge in [0.2, 0.25) is 0 Å². The number of aliphatic hydroxyl groups is 4. The number of nitrogens with two attached hydrogens (primary N) is 1. The molecular formula is C67H85Cl4N5O25S2. The van der Waals surface area contributed by atoms with Crippen LogP contribution in [0.25, 0.3) is 0 Å². The number of carboxylic acid groups (broad SMARTS) is 1. The molecule has 4 heterocycles. The Morgan fingerprint density at radius 3 is 1.20 bits per heavy atom. The quantitative estimate of drug-likeness (QED) is 0.0276. The van der Waals surface area contributed by atoms with Crippen molar-refractivity contribution >= 4 is 113 Å². The van der Waals surface area contributed by atoms with Crippen molar-refractivity contribution in [2.45, 2.75) is 110 Å². The highest BCUT2D eigenvalue weighted by atomic mass is 35.5. The first-order chi connectivity index (χ1) is 48.9. The molecule has 2 fully saturated rings. The third kappa shape index (κ3) is 26.4. The van der Waals surface area contributed by atoms with Crippen LogP contribution in [0.5, 0.6) is 0 Å². The van der Waals surface area contributed by atoms with Gasteiger partial charge in [-0.3, -0.25) is 24.0 Å². The molecule has 568 valence electrons. The maximum atomic E-state index is 13.1. The van der Waals surface area contributed by atoms with Gasteiger partial charge in [0.25, 0.3) is 23.6 Å². The Kier molecular flexibility index (Phi) is 35.1. The third-order valence-electron chi connectivity index (χ3n) is 16.1. The Morgan fingerprint density at radius 2 is 0.845 bits per heavy atom. The average molecular weight is 1570 g/mol. The van der Waals surface area contributed by atoms with Crippen LogP contribution >= 0.6 is 46.4 Å². The number of hydrogen-bond donors (Lipinski definition) is 6. The number of hydroxylamine groups is 4. The highest BCUT2D eigenvalue weighted by molar-refractivity contribution is 7.91. The van der Waals surface area contributed by atoms with Crippen molar-refractivity contribution in [3.05, 3.63) is 126 Å². The molecule has 4 aliphatic heterocycles. The topological polar surface area (TPSA) is 419 Å². The van der Waals surface area contributed by atoms with E-state index < -0.39 is 91.4 Å². The predicted octanol–water partition coefficient (Wildman–Crippen LogP) is 3.61. The fourth-order valence-corrected chi connectivity index (χ4v) is 14.7. The molecule has 36 heteroatoms. The second-order valence-corrected chi connectivity index (χ2v) is 29.9. The predicted molar refractivity (Wildman–Crippen MR) is 370 cm³/mol. The van der Waals surface area contributed by atoms with E-state index in [1.54, 1.807) is 48.5 Å². The van der Waals surface area contributed by atoms with Crippen LogP contribution in [0.2, 0.25) is 20.1 Å². The lowest BCUT2D eigenvalue weighted by Gasteiger charge is -2.33. The van der Waals surface area contributed by atoms with E-state index in [0.29, 0.717) is 104 Å². The highest BCUT2D eigenvalue weighted by Crippen LogP contribution is 2.41. The number of amides is 4.